The van der Waals surface area contributed by atoms with Gasteiger partial charge in [0, 0.05) is 11.8 Å². The number of esters is 2. The van der Waals surface area contributed by atoms with Crippen molar-refractivity contribution < 1.29 is 31.7 Å². The predicted molar refractivity (Wildman–Crippen MR) is 78.7 cm³/mol. The molecular formula is C15H22O7S. The molecule has 130 valence electrons. The Bertz CT molecular complexity index is 624. The van der Waals surface area contributed by atoms with Crippen LogP contribution in [0.15, 0.2) is 0 Å². The van der Waals surface area contributed by atoms with Crippen molar-refractivity contribution in [2.24, 2.45) is 17.3 Å². The lowest BCUT2D eigenvalue weighted by Crippen LogP contribution is -2.38. The molecule has 0 aromatic heterocycles. The maximum Gasteiger partial charge on any atom is 0.344 e. The lowest BCUT2D eigenvalue weighted by molar-refractivity contribution is -0.171. The molecule has 3 fully saturated rings. The molecule has 2 aliphatic carbocycles. The average molecular weight is 346 g/mol. The van der Waals surface area contributed by atoms with Crippen LogP contribution < -0.4 is 0 Å². The van der Waals surface area contributed by atoms with Gasteiger partial charge in [-0.1, -0.05) is 6.92 Å². The molecule has 5 atom stereocenters. The van der Waals surface area contributed by atoms with E-state index in [4.69, 9.17) is 13.7 Å². The SMILES string of the molecule is CCC(C)(C)C(=O)OCC(=O)OC1C2CC3C1OS(=O)(=O)C3C2. The monoisotopic (exact) mass is 346 g/mol. The second-order valence-electron chi connectivity index (χ2n) is 7.26. The molecule has 2 bridgehead atoms. The summed E-state index contributed by atoms with van der Waals surface area (Å²) in [5.74, 6) is -1.18. The van der Waals surface area contributed by atoms with Gasteiger partial charge in [-0.15, -0.1) is 0 Å². The Hall–Kier alpha value is -1.15. The zero-order valence-electron chi connectivity index (χ0n) is 13.5. The standard InChI is InChI=1S/C15H22O7S/c1-4-15(2,3)14(17)20-7-11(16)21-12-8-5-9-10(6-8)23(18,19)22-13(9)12/h8-10,12-13H,4-7H2,1-3H3. The number of hydrogen-bond donors (Lipinski definition) is 0. The number of rotatable bonds is 5. The molecule has 0 aromatic carbocycles. The highest BCUT2D eigenvalue weighted by Gasteiger charge is 2.65. The van der Waals surface area contributed by atoms with Gasteiger partial charge in [-0.05, 0) is 33.1 Å². The van der Waals surface area contributed by atoms with Gasteiger partial charge in [0.25, 0.3) is 10.1 Å². The molecule has 2 saturated carbocycles. The van der Waals surface area contributed by atoms with E-state index in [1.54, 1.807) is 13.8 Å². The number of carbonyl (C=O) groups is 2. The Labute approximate surface area is 135 Å². The van der Waals surface area contributed by atoms with Gasteiger partial charge < -0.3 is 9.47 Å². The minimum Gasteiger partial charge on any atom is -0.457 e. The first kappa shape index (κ1) is 16.7. The molecule has 5 unspecified atom stereocenters. The summed E-state index contributed by atoms with van der Waals surface area (Å²) in [5.41, 5.74) is -0.650. The summed E-state index contributed by atoms with van der Waals surface area (Å²) < 4.78 is 39.2. The van der Waals surface area contributed by atoms with Crippen LogP contribution in [0.4, 0.5) is 0 Å². The highest BCUT2D eigenvalue weighted by atomic mass is 32.2. The summed E-state index contributed by atoms with van der Waals surface area (Å²) in [6, 6.07) is 0. The van der Waals surface area contributed by atoms with Gasteiger partial charge in [0.15, 0.2) is 6.61 Å². The zero-order chi connectivity index (χ0) is 17.0. The predicted octanol–water partition coefficient (Wildman–Crippen LogP) is 1.01. The van der Waals surface area contributed by atoms with E-state index in [1.807, 2.05) is 6.92 Å². The number of ether oxygens (including phenoxy) is 2. The summed E-state index contributed by atoms with van der Waals surface area (Å²) >= 11 is 0. The Balaban J connectivity index is 1.55. The van der Waals surface area contributed by atoms with E-state index in [9.17, 15) is 18.0 Å². The molecule has 0 radical (unpaired) electrons. The van der Waals surface area contributed by atoms with Gasteiger partial charge in [0.2, 0.25) is 0 Å². The second kappa shape index (κ2) is 5.44. The molecule has 23 heavy (non-hydrogen) atoms. The molecule has 0 spiro atoms. The third-order valence-electron chi connectivity index (χ3n) is 5.44. The first-order valence-corrected chi connectivity index (χ1v) is 9.41. The van der Waals surface area contributed by atoms with Crippen molar-refractivity contribution in [2.75, 3.05) is 6.61 Å². The maximum atomic E-state index is 11.9. The summed E-state index contributed by atoms with van der Waals surface area (Å²) in [4.78, 5) is 23.8. The molecule has 0 N–H and O–H groups in total. The topological polar surface area (TPSA) is 96.0 Å². The molecule has 7 nitrogen and oxygen atoms in total. The van der Waals surface area contributed by atoms with E-state index in [0.717, 1.165) is 0 Å². The van der Waals surface area contributed by atoms with Crippen molar-refractivity contribution in [3.8, 4) is 0 Å². The van der Waals surface area contributed by atoms with Crippen molar-refractivity contribution in [2.45, 2.75) is 57.5 Å². The fraction of sp³-hybridized carbons (Fsp3) is 0.867. The van der Waals surface area contributed by atoms with Crippen LogP contribution in [0, 0.1) is 17.3 Å². The molecule has 3 aliphatic rings. The number of carbonyl (C=O) groups excluding carboxylic acids is 2. The fourth-order valence-corrected chi connectivity index (χ4v) is 5.58. The van der Waals surface area contributed by atoms with Crippen LogP contribution in [-0.4, -0.2) is 44.4 Å². The van der Waals surface area contributed by atoms with E-state index < -0.39 is 51.5 Å². The van der Waals surface area contributed by atoms with Gasteiger partial charge in [0.1, 0.15) is 12.2 Å². The molecular weight excluding hydrogens is 324 g/mol. The molecule has 8 heteroatoms. The smallest absolute Gasteiger partial charge is 0.344 e. The minimum absolute atomic E-state index is 0.0130. The Morgan fingerprint density at radius 3 is 2.61 bits per heavy atom. The summed E-state index contributed by atoms with van der Waals surface area (Å²) in [6.07, 6.45) is 0.649. The molecule has 1 heterocycles. The molecule has 3 rings (SSSR count). The van der Waals surface area contributed by atoms with Gasteiger partial charge in [-0.2, -0.15) is 8.42 Å². The van der Waals surface area contributed by atoms with Crippen molar-refractivity contribution >= 4 is 22.1 Å². The van der Waals surface area contributed by atoms with Crippen LogP contribution in [0.2, 0.25) is 0 Å². The van der Waals surface area contributed by atoms with Crippen LogP contribution >= 0.6 is 0 Å². The second-order valence-corrected chi connectivity index (χ2v) is 9.04. The summed E-state index contributed by atoms with van der Waals surface area (Å²) in [5, 5.41) is -0.448. The van der Waals surface area contributed by atoms with E-state index in [-0.39, 0.29) is 11.8 Å². The Kier molecular flexibility index (Phi) is 3.95. The highest BCUT2D eigenvalue weighted by molar-refractivity contribution is 7.87. The zero-order valence-corrected chi connectivity index (χ0v) is 14.3. The van der Waals surface area contributed by atoms with Crippen molar-refractivity contribution in [3.63, 3.8) is 0 Å². The normalized spacial score (nSPS) is 36.9. The lowest BCUT2D eigenvalue weighted by atomic mass is 9.91. The third-order valence-corrected chi connectivity index (χ3v) is 7.21. The third kappa shape index (κ3) is 2.76. The van der Waals surface area contributed by atoms with E-state index in [2.05, 4.69) is 0 Å². The van der Waals surface area contributed by atoms with Crippen molar-refractivity contribution in [1.82, 2.24) is 0 Å². The maximum absolute atomic E-state index is 11.9. The lowest BCUT2D eigenvalue weighted by Gasteiger charge is -2.25. The Morgan fingerprint density at radius 1 is 1.26 bits per heavy atom. The van der Waals surface area contributed by atoms with E-state index in [0.29, 0.717) is 19.3 Å². The fourth-order valence-electron chi connectivity index (χ4n) is 3.69. The summed E-state index contributed by atoms with van der Waals surface area (Å²) in [6.45, 7) is 4.89. The van der Waals surface area contributed by atoms with Crippen molar-refractivity contribution in [1.29, 1.82) is 0 Å². The number of hydrogen-bond acceptors (Lipinski definition) is 7. The van der Waals surface area contributed by atoms with Crippen LogP contribution in [0.25, 0.3) is 0 Å². The average Bonchev–Trinajstić information content (AvgIpc) is 3.08. The Morgan fingerprint density at radius 2 is 1.96 bits per heavy atom. The van der Waals surface area contributed by atoms with Crippen molar-refractivity contribution in [3.05, 3.63) is 0 Å². The first-order chi connectivity index (χ1) is 10.7. The van der Waals surface area contributed by atoms with Gasteiger partial charge in [0.05, 0.1) is 10.7 Å². The molecule has 0 aromatic rings. The van der Waals surface area contributed by atoms with Gasteiger partial charge >= 0.3 is 11.9 Å². The van der Waals surface area contributed by atoms with E-state index >= 15 is 0 Å². The molecule has 1 aliphatic heterocycles. The largest absolute Gasteiger partial charge is 0.457 e. The molecule has 1 saturated heterocycles. The van der Waals surface area contributed by atoms with Gasteiger partial charge in [-0.25, -0.2) is 4.79 Å². The van der Waals surface area contributed by atoms with Crippen LogP contribution in [0.1, 0.15) is 40.0 Å². The van der Waals surface area contributed by atoms with Gasteiger partial charge in [-0.3, -0.25) is 8.98 Å². The quantitative estimate of drug-likeness (QED) is 0.541. The van der Waals surface area contributed by atoms with E-state index in [1.165, 1.54) is 0 Å². The summed E-state index contributed by atoms with van der Waals surface area (Å²) in [7, 11) is -3.53. The first-order valence-electron chi connectivity index (χ1n) is 7.94. The minimum atomic E-state index is -3.53. The van der Waals surface area contributed by atoms with Crippen LogP contribution in [0.3, 0.4) is 0 Å². The molecule has 0 amide bonds. The highest BCUT2D eigenvalue weighted by Crippen LogP contribution is 2.55. The van der Waals surface area contributed by atoms with Crippen LogP contribution in [-0.2, 0) is 33.4 Å². The van der Waals surface area contributed by atoms with Crippen LogP contribution in [0.5, 0.6) is 0 Å². The number of fused-ring (bicyclic) bond motifs is 1.